The molecule has 0 saturated heterocycles. The Morgan fingerprint density at radius 3 is 2.55 bits per heavy atom. The Hall–Kier alpha value is -0.110. The maximum absolute atomic E-state index is 10.3. The topological polar surface area (TPSA) is 51.2 Å². The lowest BCUT2D eigenvalue weighted by molar-refractivity contribution is 0.146. The molecular weight excluding hydrogens is 456 g/mol. The van der Waals surface area contributed by atoms with Crippen LogP contribution in [0.2, 0.25) is 0 Å². The molecule has 1 unspecified atom stereocenters. The second-order valence-corrected chi connectivity index (χ2v) is 6.73. The average Bonchev–Trinajstić information content (AvgIpc) is 2.92. The molecule has 1 N–H and O–H groups in total. The fourth-order valence-corrected chi connectivity index (χ4v) is 3.36. The van der Waals surface area contributed by atoms with Gasteiger partial charge in [-0.15, -0.1) is 0 Å². The van der Waals surface area contributed by atoms with Crippen LogP contribution >= 0.6 is 47.8 Å². The van der Waals surface area contributed by atoms with Crippen molar-refractivity contribution in [2.75, 3.05) is 0 Å². The second kappa shape index (κ2) is 6.77. The zero-order valence-electron chi connectivity index (χ0n) is 11.2. The van der Waals surface area contributed by atoms with Crippen molar-refractivity contribution in [1.82, 2.24) is 9.78 Å². The summed E-state index contributed by atoms with van der Waals surface area (Å²) >= 11 is 10.2. The average molecular weight is 471 g/mol. The smallest absolute Gasteiger partial charge is 0.183 e. The van der Waals surface area contributed by atoms with Crippen molar-refractivity contribution in [3.05, 3.63) is 36.8 Å². The fraction of sp³-hybridized carbons (Fsp3) is 0.462. The quantitative estimate of drug-likeness (QED) is 0.693. The SMILES string of the molecule is CCc1nn(CC)c(CC(O)c2cc(Br)c(Br)o2)c1Br. The number of hydrogen-bond donors (Lipinski definition) is 1. The van der Waals surface area contributed by atoms with Crippen LogP contribution in [-0.2, 0) is 19.4 Å². The summed E-state index contributed by atoms with van der Waals surface area (Å²) in [6.07, 6.45) is 0.600. The molecule has 1 atom stereocenters. The van der Waals surface area contributed by atoms with Gasteiger partial charge in [0.05, 0.1) is 20.3 Å². The van der Waals surface area contributed by atoms with E-state index in [9.17, 15) is 5.11 Å². The highest BCUT2D eigenvalue weighted by molar-refractivity contribution is 9.13. The van der Waals surface area contributed by atoms with Crippen LogP contribution in [0.3, 0.4) is 0 Å². The second-order valence-electron chi connectivity index (χ2n) is 4.37. The number of aromatic nitrogens is 2. The first-order valence-corrected chi connectivity index (χ1v) is 8.72. The van der Waals surface area contributed by atoms with E-state index >= 15 is 0 Å². The lowest BCUT2D eigenvalue weighted by Gasteiger charge is -2.10. The molecule has 7 heteroatoms. The Labute approximate surface area is 142 Å². The van der Waals surface area contributed by atoms with Crippen LogP contribution < -0.4 is 0 Å². The fourth-order valence-electron chi connectivity index (χ4n) is 2.02. The Balaban J connectivity index is 2.27. The summed E-state index contributed by atoms with van der Waals surface area (Å²) in [7, 11) is 0. The predicted molar refractivity (Wildman–Crippen MR) is 87.8 cm³/mol. The van der Waals surface area contributed by atoms with Gasteiger partial charge < -0.3 is 9.52 Å². The van der Waals surface area contributed by atoms with Crippen LogP contribution in [0.5, 0.6) is 0 Å². The number of halogens is 3. The van der Waals surface area contributed by atoms with Crippen molar-refractivity contribution in [1.29, 1.82) is 0 Å². The van der Waals surface area contributed by atoms with E-state index in [0.29, 0.717) is 16.9 Å². The van der Waals surface area contributed by atoms with E-state index in [1.807, 2.05) is 11.6 Å². The zero-order valence-corrected chi connectivity index (χ0v) is 15.9. The molecule has 0 saturated carbocycles. The van der Waals surface area contributed by atoms with Crippen molar-refractivity contribution in [2.24, 2.45) is 0 Å². The van der Waals surface area contributed by atoms with Crippen LogP contribution in [-0.4, -0.2) is 14.9 Å². The molecule has 20 heavy (non-hydrogen) atoms. The summed E-state index contributed by atoms with van der Waals surface area (Å²) in [6.45, 7) is 4.87. The number of furan rings is 1. The summed E-state index contributed by atoms with van der Waals surface area (Å²) in [4.78, 5) is 0. The molecule has 0 aliphatic heterocycles. The Bertz CT molecular complexity index is 588. The number of aliphatic hydroxyl groups is 1. The van der Waals surface area contributed by atoms with E-state index in [4.69, 9.17) is 4.42 Å². The van der Waals surface area contributed by atoms with Crippen LogP contribution in [0, 0.1) is 0 Å². The summed E-state index contributed by atoms with van der Waals surface area (Å²) in [6, 6.07) is 1.77. The van der Waals surface area contributed by atoms with Gasteiger partial charge in [0.1, 0.15) is 11.9 Å². The van der Waals surface area contributed by atoms with E-state index in [1.54, 1.807) is 6.07 Å². The lowest BCUT2D eigenvalue weighted by atomic mass is 10.1. The first-order valence-electron chi connectivity index (χ1n) is 6.34. The molecule has 2 aromatic heterocycles. The zero-order chi connectivity index (χ0) is 14.9. The van der Waals surface area contributed by atoms with Gasteiger partial charge in [0, 0.05) is 13.0 Å². The molecule has 0 radical (unpaired) electrons. The van der Waals surface area contributed by atoms with Gasteiger partial charge in [-0.2, -0.15) is 5.10 Å². The van der Waals surface area contributed by atoms with Crippen molar-refractivity contribution >= 4 is 47.8 Å². The summed E-state index contributed by atoms with van der Waals surface area (Å²) in [5.74, 6) is 0.526. The number of rotatable bonds is 5. The minimum absolute atomic E-state index is 0.452. The van der Waals surface area contributed by atoms with Crippen LogP contribution in [0.4, 0.5) is 0 Å². The Morgan fingerprint density at radius 2 is 2.05 bits per heavy atom. The van der Waals surface area contributed by atoms with Crippen molar-refractivity contribution < 1.29 is 9.52 Å². The Morgan fingerprint density at radius 1 is 1.35 bits per heavy atom. The molecular formula is C13H15Br3N2O2. The van der Waals surface area contributed by atoms with Gasteiger partial charge in [-0.25, -0.2) is 0 Å². The number of aliphatic hydroxyl groups excluding tert-OH is 1. The predicted octanol–water partition coefficient (Wildman–Crippen LogP) is 4.62. The third-order valence-corrected chi connectivity index (χ3v) is 5.70. The van der Waals surface area contributed by atoms with Gasteiger partial charge in [0.2, 0.25) is 0 Å². The van der Waals surface area contributed by atoms with Crippen molar-refractivity contribution in [3.63, 3.8) is 0 Å². The molecule has 0 spiro atoms. The highest BCUT2D eigenvalue weighted by Crippen LogP contribution is 2.33. The largest absolute Gasteiger partial charge is 0.450 e. The van der Waals surface area contributed by atoms with E-state index in [1.165, 1.54) is 0 Å². The molecule has 2 heterocycles. The molecule has 0 amide bonds. The van der Waals surface area contributed by atoms with E-state index in [0.717, 1.165) is 33.3 Å². The van der Waals surface area contributed by atoms with Gasteiger partial charge in [0.25, 0.3) is 0 Å². The standard InChI is InChI=1S/C13H15Br3N2O2/c1-3-8-12(15)9(18(4-2)17-8)6-10(19)11-5-7(14)13(16)20-11/h5,10,19H,3-4,6H2,1-2H3. The number of nitrogens with zero attached hydrogens (tertiary/aromatic N) is 2. The van der Waals surface area contributed by atoms with Gasteiger partial charge >= 0.3 is 0 Å². The van der Waals surface area contributed by atoms with E-state index < -0.39 is 6.10 Å². The monoisotopic (exact) mass is 468 g/mol. The molecule has 0 aromatic carbocycles. The van der Waals surface area contributed by atoms with Gasteiger partial charge in [-0.05, 0) is 67.2 Å². The third kappa shape index (κ3) is 3.21. The maximum Gasteiger partial charge on any atom is 0.183 e. The van der Waals surface area contributed by atoms with E-state index in [2.05, 4.69) is 59.8 Å². The maximum atomic E-state index is 10.3. The minimum atomic E-state index is -0.708. The number of hydrogen-bond acceptors (Lipinski definition) is 3. The highest BCUT2D eigenvalue weighted by atomic mass is 79.9. The van der Waals surface area contributed by atoms with Gasteiger partial charge in [-0.3, -0.25) is 4.68 Å². The molecule has 4 nitrogen and oxygen atoms in total. The van der Waals surface area contributed by atoms with E-state index in [-0.39, 0.29) is 0 Å². The normalized spacial score (nSPS) is 12.9. The molecule has 110 valence electrons. The van der Waals surface area contributed by atoms with Crippen molar-refractivity contribution in [3.8, 4) is 0 Å². The first kappa shape index (κ1) is 16.3. The summed E-state index contributed by atoms with van der Waals surface area (Å²) < 4.78 is 9.74. The number of aryl methyl sites for hydroxylation is 2. The van der Waals surface area contributed by atoms with Crippen LogP contribution in [0.25, 0.3) is 0 Å². The molecule has 2 rings (SSSR count). The molecule has 2 aromatic rings. The molecule has 0 aliphatic carbocycles. The highest BCUT2D eigenvalue weighted by Gasteiger charge is 2.21. The Kier molecular flexibility index (Phi) is 5.50. The summed E-state index contributed by atoms with van der Waals surface area (Å²) in [5, 5.41) is 14.9. The summed E-state index contributed by atoms with van der Waals surface area (Å²) in [5.41, 5.74) is 2.00. The van der Waals surface area contributed by atoms with Crippen molar-refractivity contribution in [2.45, 2.75) is 39.3 Å². The van der Waals surface area contributed by atoms with Crippen LogP contribution in [0.1, 0.15) is 37.1 Å². The minimum Gasteiger partial charge on any atom is -0.450 e. The van der Waals surface area contributed by atoms with Crippen LogP contribution in [0.15, 0.2) is 24.1 Å². The third-order valence-electron chi connectivity index (χ3n) is 3.07. The van der Waals surface area contributed by atoms with Gasteiger partial charge in [0.15, 0.2) is 4.67 Å². The molecule has 0 fully saturated rings. The molecule has 0 aliphatic rings. The lowest BCUT2D eigenvalue weighted by Crippen LogP contribution is -2.08. The van der Waals surface area contributed by atoms with Gasteiger partial charge in [-0.1, -0.05) is 6.92 Å². The molecule has 0 bridgehead atoms. The first-order chi connectivity index (χ1) is 9.47.